The SMILES string of the molecule is CN1CCC(C)(CNC(=O)c2ccc(Cl)nn2)CC1. The van der Waals surface area contributed by atoms with E-state index in [0.717, 1.165) is 25.9 Å². The number of carbonyl (C=O) groups is 1. The predicted octanol–water partition coefficient (Wildman–Crippen LogP) is 1.59. The number of carbonyl (C=O) groups excluding carboxylic acids is 1. The highest BCUT2D eigenvalue weighted by Crippen LogP contribution is 2.29. The van der Waals surface area contributed by atoms with E-state index in [1.807, 2.05) is 0 Å². The van der Waals surface area contributed by atoms with E-state index in [9.17, 15) is 4.79 Å². The van der Waals surface area contributed by atoms with Crippen molar-refractivity contribution in [3.63, 3.8) is 0 Å². The van der Waals surface area contributed by atoms with Crippen molar-refractivity contribution >= 4 is 17.5 Å². The van der Waals surface area contributed by atoms with Crippen LogP contribution in [-0.2, 0) is 0 Å². The Morgan fingerprint density at radius 1 is 1.42 bits per heavy atom. The summed E-state index contributed by atoms with van der Waals surface area (Å²) in [6.45, 7) is 5.04. The van der Waals surface area contributed by atoms with Crippen molar-refractivity contribution in [2.75, 3.05) is 26.7 Å². The number of nitrogens with zero attached hydrogens (tertiary/aromatic N) is 3. The fraction of sp³-hybridized carbons (Fsp3) is 0.615. The van der Waals surface area contributed by atoms with E-state index in [1.165, 1.54) is 0 Å². The lowest BCUT2D eigenvalue weighted by atomic mass is 9.80. The number of piperidine rings is 1. The van der Waals surface area contributed by atoms with Crippen LogP contribution in [-0.4, -0.2) is 47.7 Å². The molecule has 1 saturated heterocycles. The molecule has 0 bridgehead atoms. The van der Waals surface area contributed by atoms with Gasteiger partial charge in [0.2, 0.25) is 0 Å². The van der Waals surface area contributed by atoms with E-state index in [4.69, 9.17) is 11.6 Å². The molecule has 104 valence electrons. The third kappa shape index (κ3) is 3.88. The fourth-order valence-electron chi connectivity index (χ4n) is 2.16. The smallest absolute Gasteiger partial charge is 0.271 e. The first kappa shape index (κ1) is 14.2. The lowest BCUT2D eigenvalue weighted by Gasteiger charge is -2.37. The largest absolute Gasteiger partial charge is 0.350 e. The molecular formula is C13H19ClN4O. The second kappa shape index (κ2) is 5.84. The average molecular weight is 283 g/mol. The monoisotopic (exact) mass is 282 g/mol. The van der Waals surface area contributed by atoms with E-state index in [2.05, 4.69) is 34.4 Å². The lowest BCUT2D eigenvalue weighted by molar-refractivity contribution is 0.0886. The highest BCUT2D eigenvalue weighted by atomic mass is 35.5. The number of nitrogens with one attached hydrogen (secondary N) is 1. The summed E-state index contributed by atoms with van der Waals surface area (Å²) in [5.74, 6) is -0.190. The molecule has 1 aliphatic heterocycles. The van der Waals surface area contributed by atoms with Gasteiger partial charge in [-0.2, -0.15) is 0 Å². The summed E-state index contributed by atoms with van der Waals surface area (Å²) in [4.78, 5) is 14.3. The van der Waals surface area contributed by atoms with Crippen molar-refractivity contribution in [2.24, 2.45) is 5.41 Å². The number of halogens is 1. The Labute approximate surface area is 118 Å². The highest BCUT2D eigenvalue weighted by molar-refractivity contribution is 6.29. The van der Waals surface area contributed by atoms with Gasteiger partial charge in [-0.05, 0) is 50.5 Å². The second-order valence-corrected chi connectivity index (χ2v) is 5.93. The molecule has 0 spiro atoms. The van der Waals surface area contributed by atoms with Crippen molar-refractivity contribution < 1.29 is 4.79 Å². The molecule has 5 nitrogen and oxygen atoms in total. The second-order valence-electron chi connectivity index (χ2n) is 5.54. The molecule has 1 N–H and O–H groups in total. The Morgan fingerprint density at radius 2 is 2.11 bits per heavy atom. The summed E-state index contributed by atoms with van der Waals surface area (Å²) in [5.41, 5.74) is 0.475. The Balaban J connectivity index is 1.88. The molecule has 0 aliphatic carbocycles. The predicted molar refractivity (Wildman–Crippen MR) is 74.2 cm³/mol. The van der Waals surface area contributed by atoms with E-state index < -0.39 is 0 Å². The normalized spacial score (nSPS) is 19.1. The van der Waals surface area contributed by atoms with Crippen LogP contribution in [0.15, 0.2) is 12.1 Å². The Morgan fingerprint density at radius 3 is 2.68 bits per heavy atom. The zero-order valence-corrected chi connectivity index (χ0v) is 12.1. The summed E-state index contributed by atoms with van der Waals surface area (Å²) >= 11 is 5.64. The number of hydrogen-bond donors (Lipinski definition) is 1. The quantitative estimate of drug-likeness (QED) is 0.915. The van der Waals surface area contributed by atoms with E-state index in [-0.39, 0.29) is 11.3 Å². The first-order valence-electron chi connectivity index (χ1n) is 6.44. The molecule has 1 amide bonds. The van der Waals surface area contributed by atoms with Gasteiger partial charge in [0.05, 0.1) is 0 Å². The number of amides is 1. The molecule has 0 aromatic carbocycles. The molecule has 2 rings (SSSR count). The van der Waals surface area contributed by atoms with E-state index in [0.29, 0.717) is 17.4 Å². The van der Waals surface area contributed by atoms with Gasteiger partial charge in [-0.1, -0.05) is 18.5 Å². The highest BCUT2D eigenvalue weighted by Gasteiger charge is 2.29. The van der Waals surface area contributed by atoms with Crippen LogP contribution < -0.4 is 5.32 Å². The van der Waals surface area contributed by atoms with Crippen LogP contribution in [0.2, 0.25) is 5.15 Å². The average Bonchev–Trinajstić information content (AvgIpc) is 2.41. The summed E-state index contributed by atoms with van der Waals surface area (Å²) in [5, 5.41) is 10.7. The molecular weight excluding hydrogens is 264 g/mol. The van der Waals surface area contributed by atoms with Gasteiger partial charge in [0.15, 0.2) is 10.8 Å². The minimum Gasteiger partial charge on any atom is -0.350 e. The topological polar surface area (TPSA) is 58.1 Å². The van der Waals surface area contributed by atoms with Crippen molar-refractivity contribution in [1.29, 1.82) is 0 Å². The van der Waals surface area contributed by atoms with Crippen LogP contribution >= 0.6 is 11.6 Å². The third-order valence-electron chi connectivity index (χ3n) is 3.73. The van der Waals surface area contributed by atoms with Crippen molar-refractivity contribution in [1.82, 2.24) is 20.4 Å². The van der Waals surface area contributed by atoms with E-state index in [1.54, 1.807) is 12.1 Å². The summed E-state index contributed by atoms with van der Waals surface area (Å²) in [6, 6.07) is 3.16. The van der Waals surface area contributed by atoms with Crippen LogP contribution in [0, 0.1) is 5.41 Å². The Hall–Kier alpha value is -1.20. The van der Waals surface area contributed by atoms with Gasteiger partial charge < -0.3 is 10.2 Å². The van der Waals surface area contributed by atoms with Gasteiger partial charge in [0, 0.05) is 6.54 Å². The number of rotatable bonds is 3. The Kier molecular flexibility index (Phi) is 4.37. The van der Waals surface area contributed by atoms with Crippen molar-refractivity contribution in [3.05, 3.63) is 23.0 Å². The zero-order chi connectivity index (χ0) is 13.9. The number of likely N-dealkylation sites (tertiary alicyclic amines) is 1. The molecule has 1 aromatic heterocycles. The van der Waals surface area contributed by atoms with Gasteiger partial charge in [-0.3, -0.25) is 4.79 Å². The fourth-order valence-corrected chi connectivity index (χ4v) is 2.26. The van der Waals surface area contributed by atoms with Gasteiger partial charge in [-0.25, -0.2) is 0 Å². The van der Waals surface area contributed by atoms with Crippen LogP contribution in [0.4, 0.5) is 0 Å². The van der Waals surface area contributed by atoms with Crippen LogP contribution in [0.3, 0.4) is 0 Å². The van der Waals surface area contributed by atoms with Crippen molar-refractivity contribution in [3.8, 4) is 0 Å². The maximum atomic E-state index is 11.9. The molecule has 6 heteroatoms. The van der Waals surface area contributed by atoms with Gasteiger partial charge in [0.25, 0.3) is 5.91 Å². The summed E-state index contributed by atoms with van der Waals surface area (Å²) in [6.07, 6.45) is 2.19. The van der Waals surface area contributed by atoms with Crippen LogP contribution in [0.5, 0.6) is 0 Å². The van der Waals surface area contributed by atoms with Crippen LogP contribution in [0.25, 0.3) is 0 Å². The minimum atomic E-state index is -0.190. The lowest BCUT2D eigenvalue weighted by Crippen LogP contribution is -2.43. The molecule has 0 atom stereocenters. The maximum Gasteiger partial charge on any atom is 0.271 e. The molecule has 0 radical (unpaired) electrons. The molecule has 0 unspecified atom stereocenters. The summed E-state index contributed by atoms with van der Waals surface area (Å²) < 4.78 is 0. The molecule has 1 aromatic rings. The number of aromatic nitrogens is 2. The molecule has 2 heterocycles. The standard InChI is InChI=1S/C13H19ClN4O/c1-13(5-7-18(2)8-6-13)9-15-12(19)10-3-4-11(14)17-16-10/h3-4H,5-9H2,1-2H3,(H,15,19). The first-order chi connectivity index (χ1) is 8.98. The molecule has 1 aliphatic rings. The van der Waals surface area contributed by atoms with Gasteiger partial charge in [0.1, 0.15) is 0 Å². The van der Waals surface area contributed by atoms with Gasteiger partial charge >= 0.3 is 0 Å². The Bertz CT molecular complexity index is 440. The third-order valence-corrected chi connectivity index (χ3v) is 3.94. The zero-order valence-electron chi connectivity index (χ0n) is 11.3. The maximum absolute atomic E-state index is 11.9. The summed E-state index contributed by atoms with van der Waals surface area (Å²) in [7, 11) is 2.13. The first-order valence-corrected chi connectivity index (χ1v) is 6.82. The van der Waals surface area contributed by atoms with Crippen LogP contribution in [0.1, 0.15) is 30.3 Å². The molecule has 1 fully saturated rings. The van der Waals surface area contributed by atoms with Gasteiger partial charge in [-0.15, -0.1) is 10.2 Å². The molecule has 0 saturated carbocycles. The minimum absolute atomic E-state index is 0.169. The molecule has 19 heavy (non-hydrogen) atoms. The number of hydrogen-bond acceptors (Lipinski definition) is 4. The van der Waals surface area contributed by atoms with Crippen molar-refractivity contribution in [2.45, 2.75) is 19.8 Å². The van der Waals surface area contributed by atoms with E-state index >= 15 is 0 Å².